The van der Waals surface area contributed by atoms with Gasteiger partial charge in [-0.2, -0.15) is 0 Å². The van der Waals surface area contributed by atoms with Crippen LogP contribution in [0.1, 0.15) is 0 Å². The van der Waals surface area contributed by atoms with E-state index in [4.69, 9.17) is 0 Å². The zero-order chi connectivity index (χ0) is 25.0. The monoisotopic (exact) mass is 478 g/mol. The third-order valence-electron chi connectivity index (χ3n) is 5.03. The predicted octanol–water partition coefficient (Wildman–Crippen LogP) is -0.510. The van der Waals surface area contributed by atoms with Gasteiger partial charge in [-0.05, 0) is 0 Å². The van der Waals surface area contributed by atoms with E-state index in [9.17, 15) is 49.5 Å². The van der Waals surface area contributed by atoms with Gasteiger partial charge in [0.15, 0.2) is 0 Å². The number of rotatable bonds is 0. The van der Waals surface area contributed by atoms with Gasteiger partial charge >= 0.3 is 30.5 Å². The molecule has 6 N–H and O–H groups in total. The normalized spacial score (nSPS) is 18.2. The second-order valence-corrected chi connectivity index (χ2v) is 7.10. The van der Waals surface area contributed by atoms with Gasteiger partial charge in [0, 0.05) is 78.5 Å². The predicted molar refractivity (Wildman–Crippen MR) is 111 cm³/mol. The lowest BCUT2D eigenvalue weighted by molar-refractivity contribution is 0.102. The molecule has 0 bridgehead atoms. The molecule has 1 saturated heterocycles. The van der Waals surface area contributed by atoms with Gasteiger partial charge < -0.3 is 55.3 Å². The minimum Gasteiger partial charge on any atom is -0.465 e. The topological polar surface area (TPSA) is 215 Å². The van der Waals surface area contributed by atoms with E-state index in [-0.39, 0.29) is 78.5 Å². The first-order valence-electron chi connectivity index (χ1n) is 10.1. The first-order valence-corrected chi connectivity index (χ1v) is 10.1. The fraction of sp³-hybridized carbons (Fsp3) is 0.706. The molecule has 16 nitrogen and oxygen atoms in total. The molecule has 188 valence electrons. The molecule has 1 aliphatic heterocycles. The van der Waals surface area contributed by atoms with E-state index in [2.05, 4.69) is 5.32 Å². The SMILES string of the molecule is O=C(O)N1CCNCCN(C(=O)O)CCN(C(=O)O)CCN(C(=O)O)CCN(C(=O)O)CC1. The van der Waals surface area contributed by atoms with Crippen LogP contribution < -0.4 is 5.32 Å². The number of hydrogen-bond donors (Lipinski definition) is 6. The lowest BCUT2D eigenvalue weighted by Crippen LogP contribution is -2.48. The molecular formula is C17H30N6O10. The zero-order valence-corrected chi connectivity index (χ0v) is 18.0. The minimum absolute atomic E-state index is 0.0178. The van der Waals surface area contributed by atoms with E-state index in [1.54, 1.807) is 0 Å². The maximum atomic E-state index is 11.5. The quantitative estimate of drug-likeness (QED) is 0.261. The molecule has 0 spiro atoms. The summed E-state index contributed by atoms with van der Waals surface area (Å²) >= 11 is 0. The average Bonchev–Trinajstić information content (AvgIpc) is 2.71. The van der Waals surface area contributed by atoms with Crippen LogP contribution in [0.3, 0.4) is 0 Å². The van der Waals surface area contributed by atoms with Crippen LogP contribution in [0, 0.1) is 0 Å². The summed E-state index contributed by atoms with van der Waals surface area (Å²) < 4.78 is 0. The van der Waals surface area contributed by atoms with Crippen molar-refractivity contribution < 1.29 is 49.5 Å². The Balaban J connectivity index is 3.00. The molecule has 0 radical (unpaired) electrons. The summed E-state index contributed by atoms with van der Waals surface area (Å²) in [6, 6.07) is 0. The molecule has 1 rings (SSSR count). The lowest BCUT2D eigenvalue weighted by atomic mass is 10.3. The van der Waals surface area contributed by atoms with Crippen LogP contribution in [0.15, 0.2) is 0 Å². The van der Waals surface area contributed by atoms with Crippen molar-refractivity contribution >= 4 is 30.5 Å². The van der Waals surface area contributed by atoms with Crippen molar-refractivity contribution in [1.29, 1.82) is 0 Å². The molecule has 33 heavy (non-hydrogen) atoms. The fourth-order valence-corrected chi connectivity index (χ4v) is 3.03. The summed E-state index contributed by atoms with van der Waals surface area (Å²) in [6.07, 6.45) is -6.60. The summed E-state index contributed by atoms with van der Waals surface area (Å²) in [5.74, 6) is 0. The number of nitrogens with zero attached hydrogens (tertiary/aromatic N) is 5. The highest BCUT2D eigenvalue weighted by atomic mass is 16.4. The van der Waals surface area contributed by atoms with E-state index in [1.165, 1.54) is 0 Å². The standard InChI is InChI=1S/C17H30N6O10/c24-13(25)19-3-1-18-2-4-20(14(26)27)6-8-22(16(30)31)10-12-23(17(32)33)11-9-21(7-5-19)15(28)29/h18H,1-12H2,(H,24,25)(H,26,27)(H,28,29)(H,30,31)(H,32,33). The fourth-order valence-electron chi connectivity index (χ4n) is 3.03. The molecule has 0 atom stereocenters. The van der Waals surface area contributed by atoms with Gasteiger partial charge in [0.25, 0.3) is 0 Å². The van der Waals surface area contributed by atoms with Gasteiger partial charge in [-0.3, -0.25) is 0 Å². The molecule has 1 heterocycles. The summed E-state index contributed by atoms with van der Waals surface area (Å²) in [6.45, 7) is -1.28. The molecule has 16 heteroatoms. The van der Waals surface area contributed by atoms with Gasteiger partial charge in [-0.15, -0.1) is 0 Å². The Morgan fingerprint density at radius 3 is 0.758 bits per heavy atom. The minimum atomic E-state index is -1.38. The lowest BCUT2D eigenvalue weighted by Gasteiger charge is -2.29. The average molecular weight is 478 g/mol. The van der Waals surface area contributed by atoms with E-state index >= 15 is 0 Å². The van der Waals surface area contributed by atoms with E-state index in [0.29, 0.717) is 0 Å². The second-order valence-electron chi connectivity index (χ2n) is 7.10. The maximum Gasteiger partial charge on any atom is 0.407 e. The molecule has 0 aromatic heterocycles. The number of carboxylic acid groups (broad SMARTS) is 5. The zero-order valence-electron chi connectivity index (χ0n) is 18.0. The molecule has 0 aromatic rings. The highest BCUT2D eigenvalue weighted by Crippen LogP contribution is 2.01. The summed E-state index contributed by atoms with van der Waals surface area (Å²) in [5, 5.41) is 49.7. The summed E-state index contributed by atoms with van der Waals surface area (Å²) in [4.78, 5) is 62.0. The van der Waals surface area contributed by atoms with Crippen molar-refractivity contribution in [2.75, 3.05) is 78.5 Å². The Hall–Kier alpha value is -3.69. The molecule has 1 fully saturated rings. The van der Waals surface area contributed by atoms with Crippen molar-refractivity contribution in [3.63, 3.8) is 0 Å². The molecule has 1 aliphatic rings. The largest absolute Gasteiger partial charge is 0.465 e. The second kappa shape index (κ2) is 13.7. The Bertz CT molecular complexity index is 658. The number of nitrogens with one attached hydrogen (secondary N) is 1. The van der Waals surface area contributed by atoms with Crippen LogP contribution in [0.2, 0.25) is 0 Å². The van der Waals surface area contributed by atoms with Gasteiger partial charge in [0.1, 0.15) is 0 Å². The van der Waals surface area contributed by atoms with E-state index < -0.39 is 30.5 Å². The number of hydrogen-bond acceptors (Lipinski definition) is 6. The van der Waals surface area contributed by atoms with Crippen LogP contribution in [-0.4, -0.2) is 159 Å². The Morgan fingerprint density at radius 2 is 0.576 bits per heavy atom. The Morgan fingerprint density at radius 1 is 0.394 bits per heavy atom. The van der Waals surface area contributed by atoms with Crippen LogP contribution in [0.5, 0.6) is 0 Å². The van der Waals surface area contributed by atoms with Crippen LogP contribution in [0.25, 0.3) is 0 Å². The summed E-state index contributed by atoms with van der Waals surface area (Å²) in [7, 11) is 0. The van der Waals surface area contributed by atoms with Gasteiger partial charge in [-0.1, -0.05) is 0 Å². The highest BCUT2D eigenvalue weighted by molar-refractivity contribution is 5.68. The van der Waals surface area contributed by atoms with Crippen molar-refractivity contribution in [2.24, 2.45) is 0 Å². The van der Waals surface area contributed by atoms with Gasteiger partial charge in [0.05, 0.1) is 0 Å². The van der Waals surface area contributed by atoms with Crippen molar-refractivity contribution in [3.05, 3.63) is 0 Å². The third kappa shape index (κ3) is 9.98. The van der Waals surface area contributed by atoms with E-state index in [0.717, 1.165) is 24.5 Å². The Kier molecular flexibility index (Phi) is 11.3. The first-order chi connectivity index (χ1) is 15.5. The molecular weight excluding hydrogens is 448 g/mol. The first kappa shape index (κ1) is 27.3. The van der Waals surface area contributed by atoms with Crippen molar-refractivity contribution in [2.45, 2.75) is 0 Å². The molecule has 0 unspecified atom stereocenters. The third-order valence-corrected chi connectivity index (χ3v) is 5.03. The van der Waals surface area contributed by atoms with Crippen LogP contribution in [0.4, 0.5) is 24.0 Å². The molecule has 0 saturated carbocycles. The van der Waals surface area contributed by atoms with Crippen LogP contribution in [-0.2, 0) is 0 Å². The van der Waals surface area contributed by atoms with Gasteiger partial charge in [0.2, 0.25) is 0 Å². The number of amides is 5. The van der Waals surface area contributed by atoms with Gasteiger partial charge in [-0.25, -0.2) is 24.0 Å². The summed E-state index contributed by atoms with van der Waals surface area (Å²) in [5.41, 5.74) is 0. The van der Waals surface area contributed by atoms with Crippen molar-refractivity contribution in [1.82, 2.24) is 29.8 Å². The maximum absolute atomic E-state index is 11.5. The molecule has 5 amide bonds. The molecule has 0 aromatic carbocycles. The smallest absolute Gasteiger partial charge is 0.407 e. The molecule has 0 aliphatic carbocycles. The Labute approximate surface area is 189 Å². The van der Waals surface area contributed by atoms with Crippen molar-refractivity contribution in [3.8, 4) is 0 Å². The highest BCUT2D eigenvalue weighted by Gasteiger charge is 2.22. The number of carbonyl (C=O) groups is 5. The van der Waals surface area contributed by atoms with E-state index in [1.807, 2.05) is 0 Å². The van der Waals surface area contributed by atoms with Crippen LogP contribution >= 0.6 is 0 Å².